The Kier molecular flexibility index (Phi) is 5.68. The number of hydrogen-bond donors (Lipinski definition) is 1. The van der Waals surface area contributed by atoms with Crippen LogP contribution in [0.2, 0.25) is 0 Å². The van der Waals surface area contributed by atoms with Gasteiger partial charge in [0, 0.05) is 32.9 Å². The van der Waals surface area contributed by atoms with E-state index in [9.17, 15) is 0 Å². The van der Waals surface area contributed by atoms with Gasteiger partial charge in [-0.2, -0.15) is 5.10 Å². The summed E-state index contributed by atoms with van der Waals surface area (Å²) in [7, 11) is 1.72. The Morgan fingerprint density at radius 2 is 2.28 bits per heavy atom. The summed E-state index contributed by atoms with van der Waals surface area (Å²) in [6.07, 6.45) is 9.09. The van der Waals surface area contributed by atoms with Crippen molar-refractivity contribution in [3.05, 3.63) is 18.0 Å². The number of nitrogens with one attached hydrogen (secondary N) is 1. The van der Waals surface area contributed by atoms with Crippen LogP contribution in [0.4, 0.5) is 0 Å². The lowest BCUT2D eigenvalue weighted by Gasteiger charge is -2.08. The van der Waals surface area contributed by atoms with Crippen LogP contribution in [0.3, 0.4) is 0 Å². The van der Waals surface area contributed by atoms with E-state index in [2.05, 4.69) is 27.4 Å². The summed E-state index contributed by atoms with van der Waals surface area (Å²) < 4.78 is 7.08. The number of hydrogen-bond acceptors (Lipinski definition) is 3. The van der Waals surface area contributed by atoms with Gasteiger partial charge in [-0.1, -0.05) is 25.7 Å². The van der Waals surface area contributed by atoms with E-state index in [1.807, 2.05) is 0 Å². The molecule has 1 N–H and O–H groups in total. The van der Waals surface area contributed by atoms with Gasteiger partial charge in [-0.25, -0.2) is 0 Å². The first kappa shape index (κ1) is 13.6. The van der Waals surface area contributed by atoms with E-state index < -0.39 is 0 Å². The Morgan fingerprint density at radius 1 is 1.44 bits per heavy atom. The molecule has 0 amide bonds. The Labute approximate surface area is 110 Å². The summed E-state index contributed by atoms with van der Waals surface area (Å²) in [6, 6.07) is 2.11. The molecule has 0 aromatic carbocycles. The molecule has 0 aliphatic heterocycles. The van der Waals surface area contributed by atoms with Gasteiger partial charge in [0.2, 0.25) is 0 Å². The average Bonchev–Trinajstić information content (AvgIpc) is 3.03. The van der Waals surface area contributed by atoms with Crippen molar-refractivity contribution >= 4 is 0 Å². The lowest BCUT2D eigenvalue weighted by Crippen LogP contribution is -2.19. The van der Waals surface area contributed by atoms with E-state index in [1.165, 1.54) is 32.1 Å². The number of ether oxygens (including phenoxy) is 1. The van der Waals surface area contributed by atoms with Crippen LogP contribution in [0.5, 0.6) is 0 Å². The van der Waals surface area contributed by atoms with Crippen molar-refractivity contribution in [3.63, 3.8) is 0 Å². The number of nitrogens with zero attached hydrogens (tertiary/aromatic N) is 2. The molecule has 1 fully saturated rings. The molecule has 18 heavy (non-hydrogen) atoms. The molecule has 0 bridgehead atoms. The number of methoxy groups -OCH3 is 1. The zero-order valence-electron chi connectivity index (χ0n) is 11.4. The topological polar surface area (TPSA) is 39.1 Å². The minimum atomic E-state index is 0.752. The molecule has 0 unspecified atom stereocenters. The maximum Gasteiger partial charge on any atom is 0.0762 e. The van der Waals surface area contributed by atoms with Crippen LogP contribution in [0, 0.1) is 5.92 Å². The second kappa shape index (κ2) is 7.54. The van der Waals surface area contributed by atoms with Crippen LogP contribution in [-0.4, -0.2) is 30.0 Å². The van der Waals surface area contributed by atoms with Gasteiger partial charge in [0.25, 0.3) is 0 Å². The average molecular weight is 251 g/mol. The number of aryl methyl sites for hydroxylation is 1. The van der Waals surface area contributed by atoms with Gasteiger partial charge in [-0.05, 0) is 18.4 Å². The highest BCUT2D eigenvalue weighted by Crippen LogP contribution is 2.27. The largest absolute Gasteiger partial charge is 0.383 e. The van der Waals surface area contributed by atoms with Crippen LogP contribution in [-0.2, 0) is 17.8 Å². The van der Waals surface area contributed by atoms with Crippen molar-refractivity contribution in [2.45, 2.75) is 45.2 Å². The van der Waals surface area contributed by atoms with Crippen molar-refractivity contribution in [2.75, 3.05) is 20.3 Å². The van der Waals surface area contributed by atoms with Crippen molar-refractivity contribution in [1.29, 1.82) is 0 Å². The fraction of sp³-hybridized carbons (Fsp3) is 0.786. The maximum atomic E-state index is 4.99. The van der Waals surface area contributed by atoms with Gasteiger partial charge >= 0.3 is 0 Å². The molecule has 0 saturated heterocycles. The third kappa shape index (κ3) is 4.42. The van der Waals surface area contributed by atoms with Crippen LogP contribution in [0.25, 0.3) is 0 Å². The van der Waals surface area contributed by atoms with Gasteiger partial charge in [-0.15, -0.1) is 0 Å². The highest BCUT2D eigenvalue weighted by molar-refractivity contribution is 4.98. The van der Waals surface area contributed by atoms with Crippen molar-refractivity contribution in [2.24, 2.45) is 5.92 Å². The third-order valence-electron chi connectivity index (χ3n) is 3.73. The number of aromatic nitrogens is 2. The van der Waals surface area contributed by atoms with E-state index in [0.29, 0.717) is 0 Å². The lowest BCUT2D eigenvalue weighted by molar-refractivity contribution is 0.199. The lowest BCUT2D eigenvalue weighted by atomic mass is 10.0. The molecule has 2 rings (SSSR count). The normalized spacial score (nSPS) is 16.5. The molecule has 4 nitrogen and oxygen atoms in total. The molecule has 1 aliphatic carbocycles. The molecule has 1 saturated carbocycles. The fourth-order valence-corrected chi connectivity index (χ4v) is 2.63. The second-order valence-electron chi connectivity index (χ2n) is 5.18. The first-order valence-electron chi connectivity index (χ1n) is 7.10. The SMILES string of the molecule is COCCNCc1ccn(CCC2CCCC2)n1. The van der Waals surface area contributed by atoms with Crippen LogP contribution in [0.1, 0.15) is 37.8 Å². The monoisotopic (exact) mass is 251 g/mol. The van der Waals surface area contributed by atoms with Crippen LogP contribution < -0.4 is 5.32 Å². The molecule has 0 radical (unpaired) electrons. The maximum absolute atomic E-state index is 4.99. The van der Waals surface area contributed by atoms with Gasteiger partial charge in [-0.3, -0.25) is 4.68 Å². The predicted molar refractivity (Wildman–Crippen MR) is 72.4 cm³/mol. The zero-order chi connectivity index (χ0) is 12.6. The molecule has 4 heteroatoms. The van der Waals surface area contributed by atoms with Gasteiger partial charge in [0.05, 0.1) is 12.3 Å². The number of rotatable bonds is 8. The molecule has 0 spiro atoms. The van der Waals surface area contributed by atoms with E-state index in [-0.39, 0.29) is 0 Å². The standard InChI is InChI=1S/C14H25N3O/c1-18-11-8-15-12-14-7-10-17(16-14)9-6-13-4-2-3-5-13/h7,10,13,15H,2-6,8-9,11-12H2,1H3. The molecule has 1 aromatic heterocycles. The zero-order valence-corrected chi connectivity index (χ0v) is 11.4. The molecule has 1 heterocycles. The van der Waals surface area contributed by atoms with Crippen LogP contribution in [0.15, 0.2) is 12.3 Å². The first-order valence-corrected chi connectivity index (χ1v) is 7.10. The van der Waals surface area contributed by atoms with Gasteiger partial charge in [0.1, 0.15) is 0 Å². The summed E-state index contributed by atoms with van der Waals surface area (Å²) in [5.74, 6) is 0.942. The van der Waals surface area contributed by atoms with E-state index >= 15 is 0 Å². The molecule has 0 atom stereocenters. The molecular formula is C14H25N3O. The molecule has 1 aromatic rings. The van der Waals surface area contributed by atoms with Crippen LogP contribution >= 0.6 is 0 Å². The summed E-state index contributed by atoms with van der Waals surface area (Å²) >= 11 is 0. The highest BCUT2D eigenvalue weighted by Gasteiger charge is 2.14. The third-order valence-corrected chi connectivity index (χ3v) is 3.73. The van der Waals surface area contributed by atoms with E-state index in [4.69, 9.17) is 4.74 Å². The molecular weight excluding hydrogens is 226 g/mol. The summed E-state index contributed by atoms with van der Waals surface area (Å²) in [5.41, 5.74) is 1.12. The highest BCUT2D eigenvalue weighted by atomic mass is 16.5. The van der Waals surface area contributed by atoms with Gasteiger partial charge < -0.3 is 10.1 Å². The fourth-order valence-electron chi connectivity index (χ4n) is 2.63. The Hall–Kier alpha value is -0.870. The minimum Gasteiger partial charge on any atom is -0.383 e. The van der Waals surface area contributed by atoms with Crippen molar-refractivity contribution in [1.82, 2.24) is 15.1 Å². The molecule has 1 aliphatic rings. The Morgan fingerprint density at radius 3 is 3.06 bits per heavy atom. The smallest absolute Gasteiger partial charge is 0.0762 e. The Bertz CT molecular complexity index is 332. The molecule has 102 valence electrons. The first-order chi connectivity index (χ1) is 8.88. The summed E-state index contributed by atoms with van der Waals surface area (Å²) in [5, 5.41) is 7.89. The van der Waals surface area contributed by atoms with E-state index in [0.717, 1.165) is 37.9 Å². The minimum absolute atomic E-state index is 0.752. The van der Waals surface area contributed by atoms with Gasteiger partial charge in [0.15, 0.2) is 0 Å². The quantitative estimate of drug-likeness (QED) is 0.720. The summed E-state index contributed by atoms with van der Waals surface area (Å²) in [6.45, 7) is 3.54. The van der Waals surface area contributed by atoms with Crippen molar-refractivity contribution < 1.29 is 4.74 Å². The Balaban J connectivity index is 1.65. The predicted octanol–water partition coefficient (Wildman–Crippen LogP) is 2.20. The van der Waals surface area contributed by atoms with E-state index in [1.54, 1.807) is 7.11 Å². The van der Waals surface area contributed by atoms with Crippen molar-refractivity contribution in [3.8, 4) is 0 Å². The summed E-state index contributed by atoms with van der Waals surface area (Å²) in [4.78, 5) is 0. The second-order valence-corrected chi connectivity index (χ2v) is 5.18.